The highest BCUT2D eigenvalue weighted by atomic mass is 35.5. The standard InChI is InChI=1S/C25H27N3O3.2ClH/c1-16-5-7-20-19(3-2-4-21(20)26-16)17-9-11-28(12-10-17)14-23(29)18-6-8-24-22(13-18)27-25(30)15-31-24;;/h2-8,13,17,23,29H,9-12,14-15H2,1H3,(H,27,30);2*1H. The Bertz CT molecular complexity index is 1130. The van der Waals surface area contributed by atoms with Gasteiger partial charge in [-0.05, 0) is 74.2 Å². The van der Waals surface area contributed by atoms with Gasteiger partial charge in [-0.25, -0.2) is 0 Å². The van der Waals surface area contributed by atoms with E-state index in [1.54, 1.807) is 0 Å². The summed E-state index contributed by atoms with van der Waals surface area (Å²) in [6.45, 7) is 4.54. The van der Waals surface area contributed by atoms with Crippen LogP contribution in [0.15, 0.2) is 48.5 Å². The number of β-amino-alcohol motifs (C(OH)–C–C–N with tert-alkyl or cyclic N) is 1. The number of hydrogen-bond donors (Lipinski definition) is 2. The predicted octanol–water partition coefficient (Wildman–Crippen LogP) is 4.63. The van der Waals surface area contributed by atoms with E-state index in [-0.39, 0.29) is 37.3 Å². The molecule has 1 saturated heterocycles. The zero-order valence-corrected chi connectivity index (χ0v) is 20.1. The van der Waals surface area contributed by atoms with Crippen LogP contribution in [-0.2, 0) is 4.79 Å². The van der Waals surface area contributed by atoms with Crippen molar-refractivity contribution in [2.24, 2.45) is 0 Å². The van der Waals surface area contributed by atoms with Crippen molar-refractivity contribution in [3.8, 4) is 5.75 Å². The number of halogens is 2. The van der Waals surface area contributed by atoms with Crippen molar-refractivity contribution in [2.45, 2.75) is 31.8 Å². The Balaban J connectivity index is 0.00000153. The summed E-state index contributed by atoms with van der Waals surface area (Å²) < 4.78 is 5.40. The van der Waals surface area contributed by atoms with Gasteiger partial charge in [-0.3, -0.25) is 9.78 Å². The first-order chi connectivity index (χ1) is 15.1. The molecule has 2 N–H and O–H groups in total. The van der Waals surface area contributed by atoms with Crippen LogP contribution in [0, 0.1) is 6.92 Å². The molecule has 1 amide bonds. The summed E-state index contributed by atoms with van der Waals surface area (Å²) >= 11 is 0. The fraction of sp³-hybridized carbons (Fsp3) is 0.360. The average molecular weight is 490 g/mol. The molecule has 0 bridgehead atoms. The minimum absolute atomic E-state index is 0. The van der Waals surface area contributed by atoms with E-state index in [0.717, 1.165) is 42.7 Å². The molecule has 6 nitrogen and oxygen atoms in total. The Morgan fingerprint density at radius 2 is 1.94 bits per heavy atom. The number of pyridine rings is 1. The van der Waals surface area contributed by atoms with Crippen LogP contribution in [0.2, 0.25) is 0 Å². The van der Waals surface area contributed by atoms with Crippen LogP contribution in [0.5, 0.6) is 5.75 Å². The van der Waals surface area contributed by atoms with Crippen LogP contribution in [0.4, 0.5) is 5.69 Å². The van der Waals surface area contributed by atoms with Gasteiger partial charge in [0.25, 0.3) is 5.91 Å². The first-order valence-corrected chi connectivity index (χ1v) is 10.9. The molecule has 2 aliphatic rings. The molecule has 8 heteroatoms. The van der Waals surface area contributed by atoms with Gasteiger partial charge in [0, 0.05) is 17.6 Å². The van der Waals surface area contributed by atoms with E-state index in [0.29, 0.717) is 23.9 Å². The molecule has 176 valence electrons. The second-order valence-electron chi connectivity index (χ2n) is 8.55. The molecular formula is C25H29Cl2N3O3. The van der Waals surface area contributed by atoms with Crippen LogP contribution in [0.3, 0.4) is 0 Å². The number of nitrogens with zero attached hydrogens (tertiary/aromatic N) is 2. The number of piperidine rings is 1. The Labute approximate surface area is 206 Å². The van der Waals surface area contributed by atoms with Gasteiger partial charge in [0.05, 0.1) is 17.3 Å². The number of amides is 1. The number of hydrogen-bond acceptors (Lipinski definition) is 5. The second-order valence-corrected chi connectivity index (χ2v) is 8.55. The number of aliphatic hydroxyl groups is 1. The number of nitrogens with one attached hydrogen (secondary N) is 1. The maximum Gasteiger partial charge on any atom is 0.262 e. The summed E-state index contributed by atoms with van der Waals surface area (Å²) in [7, 11) is 0. The molecular weight excluding hydrogens is 461 g/mol. The maximum absolute atomic E-state index is 11.6. The minimum Gasteiger partial charge on any atom is -0.482 e. The third-order valence-electron chi connectivity index (χ3n) is 6.38. The fourth-order valence-corrected chi connectivity index (χ4v) is 4.72. The number of aromatic nitrogens is 1. The van der Waals surface area contributed by atoms with Crippen LogP contribution in [-0.4, -0.2) is 47.1 Å². The highest BCUT2D eigenvalue weighted by Gasteiger charge is 2.25. The SMILES string of the molecule is Cc1ccc2c(C3CCN(CC(O)c4ccc5c(c4)NC(=O)CO5)CC3)cccc2n1.Cl.Cl. The molecule has 3 heterocycles. The van der Waals surface area contributed by atoms with Crippen molar-refractivity contribution in [1.29, 1.82) is 0 Å². The number of likely N-dealkylation sites (tertiary alicyclic amines) is 1. The van der Waals surface area contributed by atoms with E-state index in [1.807, 2.05) is 25.1 Å². The number of fused-ring (bicyclic) bond motifs is 2. The summed E-state index contributed by atoms with van der Waals surface area (Å²) in [4.78, 5) is 18.6. The lowest BCUT2D eigenvalue weighted by atomic mass is 9.87. The van der Waals surface area contributed by atoms with E-state index in [2.05, 4.69) is 45.5 Å². The lowest BCUT2D eigenvalue weighted by Crippen LogP contribution is -2.36. The fourth-order valence-electron chi connectivity index (χ4n) is 4.72. The Kier molecular flexibility index (Phi) is 8.19. The largest absolute Gasteiger partial charge is 0.482 e. The molecule has 0 radical (unpaired) electrons. The third kappa shape index (κ3) is 5.41. The van der Waals surface area contributed by atoms with Crippen molar-refractivity contribution in [3.05, 3.63) is 65.4 Å². The zero-order chi connectivity index (χ0) is 21.4. The molecule has 5 rings (SSSR count). The summed E-state index contributed by atoms with van der Waals surface area (Å²) in [6.07, 6.45) is 1.52. The summed E-state index contributed by atoms with van der Waals surface area (Å²) in [5, 5.41) is 14.8. The zero-order valence-electron chi connectivity index (χ0n) is 18.5. The van der Waals surface area contributed by atoms with Crippen molar-refractivity contribution < 1.29 is 14.6 Å². The number of aryl methyl sites for hydroxylation is 1. The first kappa shape index (κ1) is 25.2. The monoisotopic (exact) mass is 489 g/mol. The first-order valence-electron chi connectivity index (χ1n) is 10.9. The number of ether oxygens (including phenoxy) is 1. The molecule has 0 saturated carbocycles. The Hall–Kier alpha value is -2.38. The molecule has 1 atom stereocenters. The van der Waals surface area contributed by atoms with Gasteiger partial charge in [0.2, 0.25) is 0 Å². The molecule has 0 aliphatic carbocycles. The number of carbonyl (C=O) groups excluding carboxylic acids is 1. The molecule has 3 aromatic rings. The van der Waals surface area contributed by atoms with Gasteiger partial charge in [-0.1, -0.05) is 24.3 Å². The number of aliphatic hydroxyl groups excluding tert-OH is 1. The minimum atomic E-state index is -0.606. The van der Waals surface area contributed by atoms with Crippen LogP contribution >= 0.6 is 24.8 Å². The number of rotatable bonds is 4. The predicted molar refractivity (Wildman–Crippen MR) is 135 cm³/mol. The van der Waals surface area contributed by atoms with Crippen molar-refractivity contribution in [2.75, 3.05) is 31.6 Å². The molecule has 1 aromatic heterocycles. The quantitative estimate of drug-likeness (QED) is 0.558. The van der Waals surface area contributed by atoms with E-state index in [4.69, 9.17) is 4.74 Å². The van der Waals surface area contributed by atoms with Gasteiger partial charge >= 0.3 is 0 Å². The highest BCUT2D eigenvalue weighted by molar-refractivity contribution is 5.95. The number of carbonyl (C=O) groups is 1. The molecule has 33 heavy (non-hydrogen) atoms. The van der Waals surface area contributed by atoms with E-state index >= 15 is 0 Å². The van der Waals surface area contributed by atoms with Crippen LogP contribution in [0.1, 0.15) is 41.7 Å². The molecule has 2 aliphatic heterocycles. The van der Waals surface area contributed by atoms with Crippen LogP contribution in [0.25, 0.3) is 10.9 Å². The van der Waals surface area contributed by atoms with Gasteiger partial charge in [-0.15, -0.1) is 24.8 Å². The maximum atomic E-state index is 11.6. The normalized spacial score (nSPS) is 17.2. The highest BCUT2D eigenvalue weighted by Crippen LogP contribution is 2.34. The van der Waals surface area contributed by atoms with Gasteiger partial charge in [0.1, 0.15) is 5.75 Å². The number of benzene rings is 2. The summed E-state index contributed by atoms with van der Waals surface area (Å²) in [6, 6.07) is 16.2. The molecule has 1 unspecified atom stereocenters. The van der Waals surface area contributed by atoms with Crippen molar-refractivity contribution in [1.82, 2.24) is 9.88 Å². The van der Waals surface area contributed by atoms with E-state index in [9.17, 15) is 9.90 Å². The second kappa shape index (κ2) is 10.7. The Morgan fingerprint density at radius 3 is 2.73 bits per heavy atom. The van der Waals surface area contributed by atoms with E-state index < -0.39 is 6.10 Å². The smallest absolute Gasteiger partial charge is 0.262 e. The Morgan fingerprint density at radius 1 is 1.15 bits per heavy atom. The number of anilines is 1. The van der Waals surface area contributed by atoms with E-state index in [1.165, 1.54) is 10.9 Å². The topological polar surface area (TPSA) is 74.7 Å². The molecule has 2 aromatic carbocycles. The summed E-state index contributed by atoms with van der Waals surface area (Å²) in [5.74, 6) is 0.994. The van der Waals surface area contributed by atoms with Gasteiger partial charge in [0.15, 0.2) is 6.61 Å². The molecule has 1 fully saturated rings. The lowest BCUT2D eigenvalue weighted by molar-refractivity contribution is -0.118. The van der Waals surface area contributed by atoms with Crippen molar-refractivity contribution >= 4 is 47.3 Å². The average Bonchev–Trinajstić information content (AvgIpc) is 2.78. The van der Waals surface area contributed by atoms with Crippen molar-refractivity contribution in [3.63, 3.8) is 0 Å². The van der Waals surface area contributed by atoms with Gasteiger partial charge < -0.3 is 20.1 Å². The lowest BCUT2D eigenvalue weighted by Gasteiger charge is -2.34. The third-order valence-corrected chi connectivity index (χ3v) is 6.38. The molecule has 0 spiro atoms. The van der Waals surface area contributed by atoms with Gasteiger partial charge in [-0.2, -0.15) is 0 Å². The summed E-state index contributed by atoms with van der Waals surface area (Å²) in [5.41, 5.74) is 4.92. The van der Waals surface area contributed by atoms with Crippen LogP contribution < -0.4 is 10.1 Å².